The van der Waals surface area contributed by atoms with Gasteiger partial charge in [0.1, 0.15) is 12.4 Å². The van der Waals surface area contributed by atoms with Crippen LogP contribution in [0.4, 0.5) is 5.82 Å². The molecule has 1 amide bonds. The normalized spacial score (nSPS) is 14.5. The molecule has 28 heavy (non-hydrogen) atoms. The lowest BCUT2D eigenvalue weighted by Gasteiger charge is -2.35. The molecule has 0 spiro atoms. The Morgan fingerprint density at radius 3 is 2.29 bits per heavy atom. The van der Waals surface area contributed by atoms with E-state index in [1.165, 1.54) is 9.13 Å². The zero-order chi connectivity index (χ0) is 19.7. The number of para-hydroxylation sites is 2. The van der Waals surface area contributed by atoms with Crippen molar-refractivity contribution in [3.63, 3.8) is 0 Å². The number of piperazine rings is 1. The number of aromatic nitrogens is 3. The maximum atomic E-state index is 12.8. The van der Waals surface area contributed by atoms with Gasteiger partial charge in [0.25, 0.3) is 0 Å². The fraction of sp³-hybridized carbons (Fsp3) is 0.300. The van der Waals surface area contributed by atoms with Crippen LogP contribution < -0.4 is 16.0 Å². The largest absolute Gasteiger partial charge is 0.353 e. The van der Waals surface area contributed by atoms with E-state index in [9.17, 15) is 14.4 Å². The number of aryl methyl sites for hydroxylation is 1. The van der Waals surface area contributed by atoms with Crippen molar-refractivity contribution < 1.29 is 4.79 Å². The molecule has 0 saturated carbocycles. The Labute approximate surface area is 161 Å². The highest BCUT2D eigenvalue weighted by Gasteiger charge is 2.23. The summed E-state index contributed by atoms with van der Waals surface area (Å²) in [5.41, 5.74) is -0.108. The fourth-order valence-corrected chi connectivity index (χ4v) is 3.57. The molecule has 1 aromatic carbocycles. The summed E-state index contributed by atoms with van der Waals surface area (Å²) < 4.78 is 2.61. The zero-order valence-electron chi connectivity index (χ0n) is 15.6. The maximum Gasteiger partial charge on any atom is 0.317 e. The maximum absolute atomic E-state index is 12.8. The van der Waals surface area contributed by atoms with Gasteiger partial charge in [-0.25, -0.2) is 4.98 Å². The van der Waals surface area contributed by atoms with Crippen molar-refractivity contribution in [2.75, 3.05) is 31.1 Å². The first-order valence-electron chi connectivity index (χ1n) is 9.18. The van der Waals surface area contributed by atoms with Crippen LogP contribution in [0.5, 0.6) is 0 Å². The van der Waals surface area contributed by atoms with Crippen LogP contribution in [0.25, 0.3) is 11.0 Å². The number of amides is 1. The zero-order valence-corrected chi connectivity index (χ0v) is 15.6. The molecule has 1 aliphatic heterocycles. The van der Waals surface area contributed by atoms with E-state index in [4.69, 9.17) is 0 Å². The molecule has 0 aliphatic carbocycles. The summed E-state index contributed by atoms with van der Waals surface area (Å²) in [5, 5.41) is 0. The number of pyridine rings is 1. The van der Waals surface area contributed by atoms with Gasteiger partial charge in [-0.2, -0.15) is 0 Å². The fourth-order valence-electron chi connectivity index (χ4n) is 3.57. The van der Waals surface area contributed by atoms with E-state index in [0.29, 0.717) is 37.2 Å². The third-order valence-electron chi connectivity index (χ3n) is 5.17. The van der Waals surface area contributed by atoms with Gasteiger partial charge in [0.2, 0.25) is 5.91 Å². The Kier molecular flexibility index (Phi) is 4.68. The van der Waals surface area contributed by atoms with Crippen molar-refractivity contribution in [2.24, 2.45) is 7.05 Å². The first-order valence-corrected chi connectivity index (χ1v) is 9.18. The predicted octanol–water partition coefficient (Wildman–Crippen LogP) is 0.444. The molecular weight excluding hydrogens is 358 g/mol. The molecular formula is C20H21N5O3. The van der Waals surface area contributed by atoms with Crippen molar-refractivity contribution in [1.82, 2.24) is 19.0 Å². The average Bonchev–Trinajstić information content (AvgIpc) is 2.76. The summed E-state index contributed by atoms with van der Waals surface area (Å²) >= 11 is 0. The highest BCUT2D eigenvalue weighted by molar-refractivity contribution is 5.80. The molecule has 144 valence electrons. The van der Waals surface area contributed by atoms with Crippen LogP contribution in [0.2, 0.25) is 0 Å². The van der Waals surface area contributed by atoms with E-state index in [1.54, 1.807) is 42.4 Å². The van der Waals surface area contributed by atoms with Crippen molar-refractivity contribution in [2.45, 2.75) is 6.54 Å². The van der Waals surface area contributed by atoms with E-state index in [-0.39, 0.29) is 12.5 Å². The second-order valence-electron chi connectivity index (χ2n) is 6.80. The Morgan fingerprint density at radius 1 is 0.929 bits per heavy atom. The van der Waals surface area contributed by atoms with Crippen LogP contribution in [0.3, 0.4) is 0 Å². The number of hydrogen-bond donors (Lipinski definition) is 0. The smallest absolute Gasteiger partial charge is 0.317 e. The van der Waals surface area contributed by atoms with Gasteiger partial charge in [-0.05, 0) is 24.3 Å². The first kappa shape index (κ1) is 18.0. The molecule has 0 unspecified atom stereocenters. The highest BCUT2D eigenvalue weighted by Crippen LogP contribution is 2.14. The number of anilines is 1. The number of fused-ring (bicyclic) bond motifs is 1. The molecule has 1 fully saturated rings. The van der Waals surface area contributed by atoms with Crippen LogP contribution in [-0.2, 0) is 18.4 Å². The van der Waals surface area contributed by atoms with Crippen LogP contribution in [0.15, 0.2) is 58.3 Å². The molecule has 8 nitrogen and oxygen atoms in total. The molecule has 1 aliphatic rings. The van der Waals surface area contributed by atoms with Crippen molar-refractivity contribution in [3.05, 3.63) is 69.4 Å². The van der Waals surface area contributed by atoms with Crippen molar-refractivity contribution >= 4 is 22.8 Å². The minimum Gasteiger partial charge on any atom is -0.353 e. The number of carbonyl (C=O) groups excluding carboxylic acids is 1. The standard InChI is InChI=1S/C20H21N5O3/c1-22-15-6-2-3-7-16(15)25(20(28)19(22)27)14-18(26)24-12-10-23(11-13-24)17-8-4-5-9-21-17/h2-9H,10-14H2,1H3. The minimum atomic E-state index is -0.679. The van der Waals surface area contributed by atoms with Crippen LogP contribution in [0, 0.1) is 0 Å². The van der Waals surface area contributed by atoms with E-state index in [1.807, 2.05) is 18.2 Å². The van der Waals surface area contributed by atoms with Crippen LogP contribution in [-0.4, -0.2) is 51.1 Å². The number of benzene rings is 1. The Morgan fingerprint density at radius 2 is 1.61 bits per heavy atom. The van der Waals surface area contributed by atoms with Crippen molar-refractivity contribution in [3.8, 4) is 0 Å². The minimum absolute atomic E-state index is 0.140. The molecule has 4 rings (SSSR count). The highest BCUT2D eigenvalue weighted by atomic mass is 16.2. The monoisotopic (exact) mass is 379 g/mol. The predicted molar refractivity (Wildman–Crippen MR) is 106 cm³/mol. The topological polar surface area (TPSA) is 80.4 Å². The lowest BCUT2D eigenvalue weighted by molar-refractivity contribution is -0.132. The third kappa shape index (κ3) is 3.17. The Bertz CT molecular complexity index is 1130. The molecule has 8 heteroatoms. The van der Waals surface area contributed by atoms with Gasteiger partial charge in [0.15, 0.2) is 0 Å². The average molecular weight is 379 g/mol. The quantitative estimate of drug-likeness (QED) is 0.617. The first-order chi connectivity index (χ1) is 13.6. The van der Waals surface area contributed by atoms with Gasteiger partial charge >= 0.3 is 11.1 Å². The Balaban J connectivity index is 1.54. The van der Waals surface area contributed by atoms with Gasteiger partial charge in [0.05, 0.1) is 11.0 Å². The van der Waals surface area contributed by atoms with Crippen molar-refractivity contribution in [1.29, 1.82) is 0 Å². The molecule has 0 N–H and O–H groups in total. The third-order valence-corrected chi connectivity index (χ3v) is 5.17. The van der Waals surface area contributed by atoms with Gasteiger partial charge in [-0.1, -0.05) is 18.2 Å². The Hall–Kier alpha value is -3.42. The summed E-state index contributed by atoms with van der Waals surface area (Å²) in [5.74, 6) is 0.726. The molecule has 0 atom stereocenters. The number of rotatable bonds is 3. The number of carbonyl (C=O) groups is 1. The van der Waals surface area contributed by atoms with Crippen LogP contribution in [0.1, 0.15) is 0 Å². The molecule has 2 aromatic heterocycles. The lowest BCUT2D eigenvalue weighted by atomic mass is 10.2. The number of hydrogen-bond acceptors (Lipinski definition) is 5. The van der Waals surface area contributed by atoms with Gasteiger partial charge in [-0.3, -0.25) is 19.0 Å². The van der Waals surface area contributed by atoms with Crippen LogP contribution >= 0.6 is 0 Å². The van der Waals surface area contributed by atoms with Gasteiger partial charge < -0.3 is 14.4 Å². The SMILES string of the molecule is Cn1c(=O)c(=O)n(CC(=O)N2CCN(c3ccccn3)CC2)c2ccccc21. The molecule has 0 radical (unpaired) electrons. The van der Waals surface area contributed by atoms with Gasteiger partial charge in [0, 0.05) is 39.4 Å². The van der Waals surface area contributed by atoms with E-state index >= 15 is 0 Å². The summed E-state index contributed by atoms with van der Waals surface area (Å²) in [4.78, 5) is 45.8. The summed E-state index contributed by atoms with van der Waals surface area (Å²) in [6, 6.07) is 12.9. The molecule has 3 aromatic rings. The van der Waals surface area contributed by atoms with E-state index in [2.05, 4.69) is 9.88 Å². The molecule has 1 saturated heterocycles. The summed E-state index contributed by atoms with van der Waals surface area (Å²) in [6.45, 7) is 2.31. The molecule has 3 heterocycles. The lowest BCUT2D eigenvalue weighted by Crippen LogP contribution is -2.51. The number of nitrogens with zero attached hydrogens (tertiary/aromatic N) is 5. The van der Waals surface area contributed by atoms with Gasteiger partial charge in [-0.15, -0.1) is 0 Å². The molecule has 0 bridgehead atoms. The summed E-state index contributed by atoms with van der Waals surface area (Å²) in [6.07, 6.45) is 1.75. The van der Waals surface area contributed by atoms with E-state index in [0.717, 1.165) is 5.82 Å². The summed E-state index contributed by atoms with van der Waals surface area (Å²) in [7, 11) is 1.56. The second-order valence-corrected chi connectivity index (χ2v) is 6.80. The second kappa shape index (κ2) is 7.30. The van der Waals surface area contributed by atoms with E-state index < -0.39 is 11.1 Å².